The molecular formula is C26H22FN3O3. The first-order chi connectivity index (χ1) is 16.0. The van der Waals surface area contributed by atoms with E-state index in [4.69, 9.17) is 4.74 Å². The molecule has 1 aromatic heterocycles. The summed E-state index contributed by atoms with van der Waals surface area (Å²) in [6, 6.07) is 21.0. The molecule has 4 rings (SSSR count). The van der Waals surface area contributed by atoms with E-state index in [0.717, 1.165) is 0 Å². The second kappa shape index (κ2) is 9.91. The molecule has 166 valence electrons. The van der Waals surface area contributed by atoms with Crippen molar-refractivity contribution in [1.29, 1.82) is 0 Å². The molecule has 1 heterocycles. The van der Waals surface area contributed by atoms with Gasteiger partial charge >= 0.3 is 0 Å². The third kappa shape index (κ3) is 5.33. The minimum Gasteiger partial charge on any atom is -0.484 e. The van der Waals surface area contributed by atoms with E-state index < -0.39 is 6.04 Å². The summed E-state index contributed by atoms with van der Waals surface area (Å²) < 4.78 is 20.8. The maximum atomic E-state index is 13.4. The number of rotatable bonds is 8. The molecule has 1 N–H and O–H groups in total. The molecule has 0 aliphatic heterocycles. The highest BCUT2D eigenvalue weighted by atomic mass is 19.1. The molecular weight excluding hydrogens is 421 g/mol. The van der Waals surface area contributed by atoms with Crippen LogP contribution in [0.5, 0.6) is 5.75 Å². The van der Waals surface area contributed by atoms with Gasteiger partial charge in [0.15, 0.2) is 12.4 Å². The van der Waals surface area contributed by atoms with E-state index in [1.165, 1.54) is 12.1 Å². The van der Waals surface area contributed by atoms with Crippen LogP contribution in [-0.4, -0.2) is 27.8 Å². The average Bonchev–Trinajstić information content (AvgIpc) is 3.28. The molecule has 7 heteroatoms. The van der Waals surface area contributed by atoms with Crippen molar-refractivity contribution in [3.63, 3.8) is 0 Å². The van der Waals surface area contributed by atoms with Gasteiger partial charge in [-0.15, -0.1) is 0 Å². The largest absolute Gasteiger partial charge is 0.484 e. The molecule has 3 aromatic carbocycles. The second-order valence-electron chi connectivity index (χ2n) is 7.46. The summed E-state index contributed by atoms with van der Waals surface area (Å²) in [5.74, 6) is 0.263. The molecule has 6 nitrogen and oxygen atoms in total. The number of ether oxygens (including phenoxy) is 1. The van der Waals surface area contributed by atoms with Gasteiger partial charge in [-0.05, 0) is 42.0 Å². The molecule has 0 spiro atoms. The molecule has 0 aliphatic carbocycles. The number of aryl methyl sites for hydroxylation is 1. The van der Waals surface area contributed by atoms with Crippen LogP contribution in [0.2, 0.25) is 0 Å². The lowest BCUT2D eigenvalue weighted by atomic mass is 10.0. The Morgan fingerprint density at radius 1 is 0.970 bits per heavy atom. The molecule has 0 saturated heterocycles. The Morgan fingerprint density at radius 3 is 2.27 bits per heavy atom. The van der Waals surface area contributed by atoms with E-state index >= 15 is 0 Å². The monoisotopic (exact) mass is 443 g/mol. The highest BCUT2D eigenvalue weighted by Crippen LogP contribution is 2.21. The zero-order valence-corrected chi connectivity index (χ0v) is 17.9. The lowest BCUT2D eigenvalue weighted by Crippen LogP contribution is -2.34. The standard InChI is InChI=1S/C26H22FN3O3/c1-30-16-15-28-26(30)24(18-7-11-21(27)12-8-18)29-23(31)17-33-22-13-9-20(10-14-22)25(32)19-5-3-2-4-6-19/h2-16,24H,17H2,1H3,(H,29,31)/t24-/m1/s1. The van der Waals surface area contributed by atoms with Gasteiger partial charge in [0.25, 0.3) is 5.91 Å². The maximum absolute atomic E-state index is 13.4. The van der Waals surface area contributed by atoms with E-state index in [1.54, 1.807) is 65.5 Å². The van der Waals surface area contributed by atoms with Crippen molar-refractivity contribution in [2.75, 3.05) is 6.61 Å². The number of carbonyl (C=O) groups is 2. The molecule has 33 heavy (non-hydrogen) atoms. The predicted octanol–water partition coefficient (Wildman–Crippen LogP) is 4.07. The van der Waals surface area contributed by atoms with Crippen LogP contribution in [0.3, 0.4) is 0 Å². The number of amides is 1. The van der Waals surface area contributed by atoms with Crippen LogP contribution in [0.4, 0.5) is 4.39 Å². The molecule has 0 unspecified atom stereocenters. The third-order valence-corrected chi connectivity index (χ3v) is 5.15. The Hall–Kier alpha value is -4.26. The van der Waals surface area contributed by atoms with E-state index in [1.807, 2.05) is 25.2 Å². The summed E-state index contributed by atoms with van der Waals surface area (Å²) in [4.78, 5) is 29.5. The zero-order chi connectivity index (χ0) is 23.2. The van der Waals surface area contributed by atoms with E-state index in [-0.39, 0.29) is 24.1 Å². The van der Waals surface area contributed by atoms with Gasteiger partial charge < -0.3 is 14.6 Å². The van der Waals surface area contributed by atoms with Crippen LogP contribution in [0.15, 0.2) is 91.3 Å². The van der Waals surface area contributed by atoms with Gasteiger partial charge in [-0.1, -0.05) is 42.5 Å². The fourth-order valence-corrected chi connectivity index (χ4v) is 3.42. The third-order valence-electron chi connectivity index (χ3n) is 5.15. The van der Waals surface area contributed by atoms with E-state index in [0.29, 0.717) is 28.3 Å². The number of aromatic nitrogens is 2. The highest BCUT2D eigenvalue weighted by molar-refractivity contribution is 6.08. The van der Waals surface area contributed by atoms with Crippen LogP contribution < -0.4 is 10.1 Å². The first-order valence-corrected chi connectivity index (χ1v) is 10.4. The number of hydrogen-bond donors (Lipinski definition) is 1. The lowest BCUT2D eigenvalue weighted by Gasteiger charge is -2.19. The average molecular weight is 443 g/mol. The van der Waals surface area contributed by atoms with E-state index in [2.05, 4.69) is 10.3 Å². The number of ketones is 1. The van der Waals surface area contributed by atoms with Crippen molar-refractivity contribution in [2.24, 2.45) is 7.05 Å². The van der Waals surface area contributed by atoms with Gasteiger partial charge in [-0.25, -0.2) is 9.37 Å². The molecule has 1 atom stereocenters. The number of nitrogens with one attached hydrogen (secondary N) is 1. The molecule has 4 aromatic rings. The Morgan fingerprint density at radius 2 is 1.64 bits per heavy atom. The second-order valence-corrected chi connectivity index (χ2v) is 7.46. The number of hydrogen-bond acceptors (Lipinski definition) is 4. The van der Waals surface area contributed by atoms with Crippen molar-refractivity contribution in [2.45, 2.75) is 6.04 Å². The first-order valence-electron chi connectivity index (χ1n) is 10.4. The minimum absolute atomic E-state index is 0.0860. The molecule has 1 amide bonds. The predicted molar refractivity (Wildman–Crippen MR) is 121 cm³/mol. The Balaban J connectivity index is 1.40. The Kier molecular flexibility index (Phi) is 6.59. The molecule has 0 aliphatic rings. The zero-order valence-electron chi connectivity index (χ0n) is 17.9. The van der Waals surface area contributed by atoms with Crippen LogP contribution in [0.1, 0.15) is 33.4 Å². The smallest absolute Gasteiger partial charge is 0.258 e. The topological polar surface area (TPSA) is 73.2 Å². The normalized spacial score (nSPS) is 11.6. The Bertz CT molecular complexity index is 1240. The van der Waals surface area contributed by atoms with Crippen LogP contribution in [-0.2, 0) is 11.8 Å². The number of benzene rings is 3. The fraction of sp³-hybridized carbons (Fsp3) is 0.115. The molecule has 0 saturated carbocycles. The summed E-state index contributed by atoms with van der Waals surface area (Å²) in [6.45, 7) is -0.228. The minimum atomic E-state index is -0.562. The fourth-order valence-electron chi connectivity index (χ4n) is 3.42. The summed E-state index contributed by atoms with van der Waals surface area (Å²) >= 11 is 0. The van der Waals surface area contributed by atoms with Gasteiger partial charge in [0.1, 0.15) is 23.4 Å². The number of carbonyl (C=O) groups excluding carboxylic acids is 2. The Labute approximate surface area is 190 Å². The lowest BCUT2D eigenvalue weighted by molar-refractivity contribution is -0.123. The SMILES string of the molecule is Cn1ccnc1[C@H](NC(=O)COc1ccc(C(=O)c2ccccc2)cc1)c1ccc(F)cc1. The van der Waals surface area contributed by atoms with Crippen molar-refractivity contribution in [3.05, 3.63) is 120 Å². The first kappa shape index (κ1) is 22.0. The summed E-state index contributed by atoms with van der Waals surface area (Å²) in [6.07, 6.45) is 3.40. The maximum Gasteiger partial charge on any atom is 0.258 e. The van der Waals surface area contributed by atoms with Crippen LogP contribution in [0, 0.1) is 5.82 Å². The summed E-state index contributed by atoms with van der Waals surface area (Å²) in [5.41, 5.74) is 1.83. The van der Waals surface area contributed by atoms with Gasteiger partial charge in [-0.3, -0.25) is 9.59 Å². The number of halogens is 1. The van der Waals surface area contributed by atoms with E-state index in [9.17, 15) is 14.0 Å². The van der Waals surface area contributed by atoms with Crippen molar-refractivity contribution >= 4 is 11.7 Å². The van der Waals surface area contributed by atoms with Gasteiger partial charge in [0.2, 0.25) is 0 Å². The quantitative estimate of drug-likeness (QED) is 0.417. The summed E-state index contributed by atoms with van der Waals surface area (Å²) in [5, 5.41) is 2.89. The van der Waals surface area contributed by atoms with Crippen LogP contribution in [0.25, 0.3) is 0 Å². The molecule has 0 radical (unpaired) electrons. The van der Waals surface area contributed by atoms with Crippen molar-refractivity contribution in [3.8, 4) is 5.75 Å². The van der Waals surface area contributed by atoms with Gasteiger partial charge in [0.05, 0.1) is 0 Å². The molecule has 0 fully saturated rings. The van der Waals surface area contributed by atoms with Gasteiger partial charge in [-0.2, -0.15) is 0 Å². The van der Waals surface area contributed by atoms with Gasteiger partial charge in [0, 0.05) is 30.6 Å². The van der Waals surface area contributed by atoms with Crippen LogP contribution >= 0.6 is 0 Å². The van der Waals surface area contributed by atoms with Crippen molar-refractivity contribution in [1.82, 2.24) is 14.9 Å². The van der Waals surface area contributed by atoms with Crippen molar-refractivity contribution < 1.29 is 18.7 Å². The highest BCUT2D eigenvalue weighted by Gasteiger charge is 2.21. The number of nitrogens with zero attached hydrogens (tertiary/aromatic N) is 2. The number of imidazole rings is 1. The summed E-state index contributed by atoms with van der Waals surface area (Å²) in [7, 11) is 1.82. The molecule has 0 bridgehead atoms.